The van der Waals surface area contributed by atoms with Crippen molar-refractivity contribution in [2.24, 2.45) is 0 Å². The van der Waals surface area contributed by atoms with Crippen LogP contribution in [0.4, 0.5) is 5.69 Å². The highest BCUT2D eigenvalue weighted by molar-refractivity contribution is 7.99. The van der Waals surface area contributed by atoms with Crippen molar-refractivity contribution in [3.63, 3.8) is 0 Å². The average molecular weight is 244 g/mol. The van der Waals surface area contributed by atoms with Gasteiger partial charge in [0.05, 0.1) is 12.1 Å². The number of carbonyl (C=O) groups is 1. The largest absolute Gasteiger partial charge is 0.312 e. The fourth-order valence-corrected chi connectivity index (χ4v) is 1.80. The second-order valence-corrected chi connectivity index (χ2v) is 3.98. The lowest BCUT2D eigenvalue weighted by Crippen LogP contribution is -2.17. The Kier molecular flexibility index (Phi) is 4.05. The second-order valence-electron chi connectivity index (χ2n) is 3.37. The van der Waals surface area contributed by atoms with Gasteiger partial charge in [-0.2, -0.15) is 0 Å². The van der Waals surface area contributed by atoms with Gasteiger partial charge in [0.2, 0.25) is 0 Å². The standard InChI is InChI=1S/C13H12N2OS/c16-13(11-7-3-1-4-8-11)15-17-14-12-9-5-2-6-10-12/h1-10,14H,(H,15,16). The molecule has 17 heavy (non-hydrogen) atoms. The van der Waals surface area contributed by atoms with Crippen molar-refractivity contribution in [3.8, 4) is 0 Å². The van der Waals surface area contributed by atoms with E-state index in [9.17, 15) is 4.79 Å². The van der Waals surface area contributed by atoms with E-state index >= 15 is 0 Å². The molecule has 2 aromatic rings. The molecule has 0 unspecified atom stereocenters. The van der Waals surface area contributed by atoms with Gasteiger partial charge in [0.25, 0.3) is 5.91 Å². The van der Waals surface area contributed by atoms with Gasteiger partial charge in [0, 0.05) is 11.3 Å². The molecule has 3 nitrogen and oxygen atoms in total. The first-order valence-electron chi connectivity index (χ1n) is 5.18. The molecule has 0 aliphatic rings. The molecule has 86 valence electrons. The van der Waals surface area contributed by atoms with E-state index in [2.05, 4.69) is 9.44 Å². The van der Waals surface area contributed by atoms with Gasteiger partial charge in [-0.1, -0.05) is 36.4 Å². The summed E-state index contributed by atoms with van der Waals surface area (Å²) in [6.07, 6.45) is 0. The average Bonchev–Trinajstić information content (AvgIpc) is 2.41. The topological polar surface area (TPSA) is 41.1 Å². The maximum absolute atomic E-state index is 11.7. The predicted molar refractivity (Wildman–Crippen MR) is 71.6 cm³/mol. The Morgan fingerprint density at radius 3 is 2.12 bits per heavy atom. The van der Waals surface area contributed by atoms with Gasteiger partial charge in [-0.05, 0) is 24.3 Å². The van der Waals surface area contributed by atoms with Gasteiger partial charge in [0.1, 0.15) is 0 Å². The minimum Gasteiger partial charge on any atom is -0.312 e. The monoisotopic (exact) mass is 244 g/mol. The maximum atomic E-state index is 11.7. The second kappa shape index (κ2) is 5.96. The molecule has 0 fully saturated rings. The quantitative estimate of drug-likeness (QED) is 0.812. The lowest BCUT2D eigenvalue weighted by Gasteiger charge is -2.06. The van der Waals surface area contributed by atoms with Gasteiger partial charge in [0.15, 0.2) is 0 Å². The number of carbonyl (C=O) groups excluding carboxylic acids is 1. The Morgan fingerprint density at radius 2 is 1.47 bits per heavy atom. The van der Waals surface area contributed by atoms with E-state index in [4.69, 9.17) is 0 Å². The molecule has 0 radical (unpaired) electrons. The molecule has 0 aliphatic heterocycles. The smallest absolute Gasteiger partial charge is 0.262 e. The number of benzene rings is 2. The lowest BCUT2D eigenvalue weighted by molar-refractivity contribution is 0.0984. The van der Waals surface area contributed by atoms with Crippen LogP contribution in [0, 0.1) is 0 Å². The minimum absolute atomic E-state index is 0.112. The fourth-order valence-electron chi connectivity index (χ4n) is 1.29. The predicted octanol–water partition coefficient (Wildman–Crippen LogP) is 3.09. The van der Waals surface area contributed by atoms with Crippen LogP contribution in [0.5, 0.6) is 0 Å². The van der Waals surface area contributed by atoms with E-state index in [1.165, 1.54) is 0 Å². The molecule has 0 spiro atoms. The minimum atomic E-state index is -0.112. The maximum Gasteiger partial charge on any atom is 0.262 e. The number of amides is 1. The SMILES string of the molecule is O=C(NSNc1ccccc1)c1ccccc1. The fraction of sp³-hybridized carbons (Fsp3) is 0. The summed E-state index contributed by atoms with van der Waals surface area (Å²) in [6.45, 7) is 0. The van der Waals surface area contributed by atoms with Crippen molar-refractivity contribution < 1.29 is 4.79 Å². The Balaban J connectivity index is 1.82. The zero-order chi connectivity index (χ0) is 11.9. The third-order valence-electron chi connectivity index (χ3n) is 2.12. The molecular weight excluding hydrogens is 232 g/mol. The summed E-state index contributed by atoms with van der Waals surface area (Å²) in [7, 11) is 0. The summed E-state index contributed by atoms with van der Waals surface area (Å²) in [6, 6.07) is 18.8. The molecule has 0 saturated carbocycles. The van der Waals surface area contributed by atoms with Crippen LogP contribution in [0.1, 0.15) is 10.4 Å². The van der Waals surface area contributed by atoms with Crippen LogP contribution in [0.2, 0.25) is 0 Å². The van der Waals surface area contributed by atoms with Crippen LogP contribution in [-0.2, 0) is 0 Å². The van der Waals surface area contributed by atoms with Gasteiger partial charge < -0.3 is 4.72 Å². The number of para-hydroxylation sites is 1. The molecule has 0 aromatic heterocycles. The van der Waals surface area contributed by atoms with Gasteiger partial charge in [-0.25, -0.2) is 0 Å². The van der Waals surface area contributed by atoms with Crippen LogP contribution < -0.4 is 9.44 Å². The van der Waals surface area contributed by atoms with Crippen molar-refractivity contribution >= 4 is 23.7 Å². The van der Waals surface area contributed by atoms with Gasteiger partial charge >= 0.3 is 0 Å². The van der Waals surface area contributed by atoms with Crippen molar-refractivity contribution in [1.82, 2.24) is 4.72 Å². The number of anilines is 1. The molecule has 4 heteroatoms. The van der Waals surface area contributed by atoms with Crippen LogP contribution in [0.25, 0.3) is 0 Å². The van der Waals surface area contributed by atoms with Crippen LogP contribution in [0.15, 0.2) is 60.7 Å². The van der Waals surface area contributed by atoms with Crippen LogP contribution >= 0.6 is 12.1 Å². The molecule has 2 aromatic carbocycles. The van der Waals surface area contributed by atoms with E-state index in [0.29, 0.717) is 5.56 Å². The number of nitrogens with one attached hydrogen (secondary N) is 2. The molecule has 1 amide bonds. The van der Waals surface area contributed by atoms with E-state index < -0.39 is 0 Å². The highest BCUT2D eigenvalue weighted by atomic mass is 32.2. The summed E-state index contributed by atoms with van der Waals surface area (Å²) in [5.41, 5.74) is 1.60. The molecular formula is C13H12N2OS. The van der Waals surface area contributed by atoms with E-state index in [1.807, 2.05) is 48.5 Å². The number of hydrogen-bond acceptors (Lipinski definition) is 3. The zero-order valence-electron chi connectivity index (χ0n) is 9.09. The molecule has 2 rings (SSSR count). The van der Waals surface area contributed by atoms with Crippen LogP contribution in [0.3, 0.4) is 0 Å². The summed E-state index contributed by atoms with van der Waals surface area (Å²) < 4.78 is 5.74. The van der Waals surface area contributed by atoms with Crippen molar-refractivity contribution in [2.45, 2.75) is 0 Å². The third kappa shape index (κ3) is 3.53. The van der Waals surface area contributed by atoms with Gasteiger partial charge in [-0.15, -0.1) is 0 Å². The Labute approximate surface area is 105 Å². The summed E-state index contributed by atoms with van der Waals surface area (Å²) in [5.74, 6) is -0.112. The van der Waals surface area contributed by atoms with Crippen molar-refractivity contribution in [2.75, 3.05) is 4.72 Å². The Hall–Kier alpha value is -1.94. The lowest BCUT2D eigenvalue weighted by atomic mass is 10.2. The normalized spacial score (nSPS) is 9.65. The summed E-state index contributed by atoms with van der Waals surface area (Å²) in [5, 5.41) is 0. The van der Waals surface area contributed by atoms with E-state index in [1.54, 1.807) is 12.1 Å². The Morgan fingerprint density at radius 1 is 0.882 bits per heavy atom. The molecule has 0 aliphatic carbocycles. The van der Waals surface area contributed by atoms with Gasteiger partial charge in [-0.3, -0.25) is 9.52 Å². The molecule has 0 atom stereocenters. The summed E-state index contributed by atoms with van der Waals surface area (Å²) >= 11 is 1.16. The highest BCUT2D eigenvalue weighted by Gasteiger charge is 2.03. The van der Waals surface area contributed by atoms with E-state index in [0.717, 1.165) is 17.8 Å². The van der Waals surface area contributed by atoms with Crippen molar-refractivity contribution in [3.05, 3.63) is 66.2 Å². The molecule has 2 N–H and O–H groups in total. The first-order valence-corrected chi connectivity index (χ1v) is 6.00. The first kappa shape index (κ1) is 11.5. The number of hydrogen-bond donors (Lipinski definition) is 2. The van der Waals surface area contributed by atoms with Crippen molar-refractivity contribution in [1.29, 1.82) is 0 Å². The third-order valence-corrected chi connectivity index (χ3v) is 2.75. The van der Waals surface area contributed by atoms with E-state index in [-0.39, 0.29) is 5.91 Å². The first-order chi connectivity index (χ1) is 8.36. The molecule has 0 bridgehead atoms. The molecule has 0 saturated heterocycles. The summed E-state index contributed by atoms with van der Waals surface area (Å²) in [4.78, 5) is 11.7. The zero-order valence-corrected chi connectivity index (χ0v) is 9.91. The Bertz CT molecular complexity index is 473. The highest BCUT2D eigenvalue weighted by Crippen LogP contribution is 2.10. The van der Waals surface area contributed by atoms with Crippen LogP contribution in [-0.4, -0.2) is 5.91 Å². The molecule has 0 heterocycles. The number of rotatable bonds is 4.